The molecule has 0 aliphatic heterocycles. The van der Waals surface area contributed by atoms with E-state index in [1.165, 1.54) is 0 Å². The van der Waals surface area contributed by atoms with Crippen molar-refractivity contribution in [2.24, 2.45) is 0 Å². The number of aryl methyl sites for hydroxylation is 1. The Bertz CT molecular complexity index is 513. The van der Waals surface area contributed by atoms with Crippen LogP contribution < -0.4 is 4.74 Å². The number of benzene rings is 1. The van der Waals surface area contributed by atoms with Crippen molar-refractivity contribution in [3.8, 4) is 5.75 Å². The molecule has 0 radical (unpaired) electrons. The standard InChI is InChI=1S/C12H12ClNO2S/c1-8-7-17-12(14-8)6-16-11-4-2-3-10(13)9(11)5-15/h2-4,7,15H,5-6H2,1H3. The summed E-state index contributed by atoms with van der Waals surface area (Å²) in [5.41, 5.74) is 1.60. The Balaban J connectivity index is 2.11. The number of aromatic nitrogens is 1. The third-order valence-corrected chi connectivity index (χ3v) is 3.55. The summed E-state index contributed by atoms with van der Waals surface area (Å²) in [5, 5.41) is 12.6. The summed E-state index contributed by atoms with van der Waals surface area (Å²) < 4.78 is 5.61. The van der Waals surface area contributed by atoms with Crippen molar-refractivity contribution in [1.82, 2.24) is 4.98 Å². The van der Waals surface area contributed by atoms with Crippen LogP contribution in [0.25, 0.3) is 0 Å². The third kappa shape index (κ3) is 2.97. The molecule has 0 saturated carbocycles. The van der Waals surface area contributed by atoms with Gasteiger partial charge in [-0.15, -0.1) is 11.3 Å². The molecule has 0 spiro atoms. The predicted octanol–water partition coefficient (Wildman–Crippen LogP) is 3.18. The van der Waals surface area contributed by atoms with Crippen LogP contribution >= 0.6 is 22.9 Å². The van der Waals surface area contributed by atoms with Crippen LogP contribution in [0.2, 0.25) is 5.02 Å². The fourth-order valence-corrected chi connectivity index (χ4v) is 2.34. The van der Waals surface area contributed by atoms with E-state index in [0.717, 1.165) is 10.7 Å². The van der Waals surface area contributed by atoms with Crippen LogP contribution in [-0.4, -0.2) is 10.1 Å². The zero-order chi connectivity index (χ0) is 12.3. The second-order valence-corrected chi connectivity index (χ2v) is 4.90. The van der Waals surface area contributed by atoms with E-state index in [1.54, 1.807) is 29.5 Å². The molecule has 2 rings (SSSR count). The Kier molecular flexibility index (Phi) is 3.99. The van der Waals surface area contributed by atoms with Gasteiger partial charge in [0.2, 0.25) is 0 Å². The Labute approximate surface area is 109 Å². The van der Waals surface area contributed by atoms with E-state index in [0.29, 0.717) is 22.9 Å². The Morgan fingerprint density at radius 1 is 1.47 bits per heavy atom. The van der Waals surface area contributed by atoms with Crippen molar-refractivity contribution in [3.63, 3.8) is 0 Å². The van der Waals surface area contributed by atoms with Gasteiger partial charge >= 0.3 is 0 Å². The summed E-state index contributed by atoms with van der Waals surface area (Å²) in [6.07, 6.45) is 0. The summed E-state index contributed by atoms with van der Waals surface area (Å²) in [4.78, 5) is 4.30. The summed E-state index contributed by atoms with van der Waals surface area (Å²) in [5.74, 6) is 0.604. The zero-order valence-corrected chi connectivity index (χ0v) is 10.9. The molecule has 2 aromatic rings. The van der Waals surface area contributed by atoms with Gasteiger partial charge in [0, 0.05) is 21.7 Å². The largest absolute Gasteiger partial charge is 0.486 e. The van der Waals surface area contributed by atoms with Crippen molar-refractivity contribution >= 4 is 22.9 Å². The quantitative estimate of drug-likeness (QED) is 0.927. The molecule has 1 heterocycles. The monoisotopic (exact) mass is 269 g/mol. The topological polar surface area (TPSA) is 42.4 Å². The van der Waals surface area contributed by atoms with E-state index in [2.05, 4.69) is 4.98 Å². The van der Waals surface area contributed by atoms with Crippen LogP contribution in [0.15, 0.2) is 23.6 Å². The zero-order valence-electron chi connectivity index (χ0n) is 9.31. The normalized spacial score (nSPS) is 10.5. The number of ether oxygens (including phenoxy) is 1. The van der Waals surface area contributed by atoms with Crippen LogP contribution in [0.5, 0.6) is 5.75 Å². The van der Waals surface area contributed by atoms with Gasteiger partial charge in [-0.3, -0.25) is 0 Å². The Morgan fingerprint density at radius 3 is 2.94 bits per heavy atom. The van der Waals surface area contributed by atoms with E-state index in [-0.39, 0.29) is 6.61 Å². The average Bonchev–Trinajstić information content (AvgIpc) is 2.72. The van der Waals surface area contributed by atoms with Gasteiger partial charge in [-0.1, -0.05) is 17.7 Å². The number of halogens is 1. The number of hydrogen-bond donors (Lipinski definition) is 1. The van der Waals surface area contributed by atoms with Crippen molar-refractivity contribution in [1.29, 1.82) is 0 Å². The van der Waals surface area contributed by atoms with Crippen LogP contribution in [0.1, 0.15) is 16.3 Å². The highest BCUT2D eigenvalue weighted by atomic mass is 35.5. The first-order valence-electron chi connectivity index (χ1n) is 5.12. The predicted molar refractivity (Wildman–Crippen MR) is 68.6 cm³/mol. The van der Waals surface area contributed by atoms with Crippen LogP contribution in [0.3, 0.4) is 0 Å². The molecule has 0 fully saturated rings. The number of aliphatic hydroxyl groups is 1. The second kappa shape index (κ2) is 5.49. The molecule has 0 amide bonds. The van der Waals surface area contributed by atoms with Crippen molar-refractivity contribution in [2.75, 3.05) is 0 Å². The fourth-order valence-electron chi connectivity index (χ4n) is 1.44. The van der Waals surface area contributed by atoms with Gasteiger partial charge in [-0.2, -0.15) is 0 Å². The minimum Gasteiger partial charge on any atom is -0.486 e. The van der Waals surface area contributed by atoms with Gasteiger partial charge in [0.15, 0.2) is 0 Å². The molecule has 1 aromatic heterocycles. The molecule has 0 aliphatic rings. The highest BCUT2D eigenvalue weighted by Crippen LogP contribution is 2.27. The van der Waals surface area contributed by atoms with E-state index in [1.807, 2.05) is 12.3 Å². The summed E-state index contributed by atoms with van der Waals surface area (Å²) in [6.45, 7) is 2.20. The molecule has 0 saturated heterocycles. The van der Waals surface area contributed by atoms with Gasteiger partial charge in [-0.05, 0) is 19.1 Å². The van der Waals surface area contributed by atoms with Gasteiger partial charge in [-0.25, -0.2) is 4.98 Å². The maximum absolute atomic E-state index is 9.22. The second-order valence-electron chi connectivity index (χ2n) is 3.55. The number of rotatable bonds is 4. The van der Waals surface area contributed by atoms with Gasteiger partial charge in [0.05, 0.1) is 6.61 Å². The van der Waals surface area contributed by atoms with Gasteiger partial charge < -0.3 is 9.84 Å². The molecule has 3 nitrogen and oxygen atoms in total. The SMILES string of the molecule is Cc1csc(COc2cccc(Cl)c2CO)n1. The third-order valence-electron chi connectivity index (χ3n) is 2.25. The van der Waals surface area contributed by atoms with E-state index in [9.17, 15) is 5.11 Å². The molecule has 1 aromatic carbocycles. The molecule has 17 heavy (non-hydrogen) atoms. The molecule has 0 atom stereocenters. The number of nitrogens with zero attached hydrogens (tertiary/aromatic N) is 1. The fraction of sp³-hybridized carbons (Fsp3) is 0.250. The first-order valence-corrected chi connectivity index (χ1v) is 6.38. The number of aliphatic hydroxyl groups excluding tert-OH is 1. The molecule has 1 N–H and O–H groups in total. The first-order chi connectivity index (χ1) is 8.20. The highest BCUT2D eigenvalue weighted by Gasteiger charge is 2.08. The molecular weight excluding hydrogens is 258 g/mol. The van der Waals surface area contributed by atoms with E-state index in [4.69, 9.17) is 16.3 Å². The van der Waals surface area contributed by atoms with Crippen molar-refractivity contribution in [3.05, 3.63) is 44.9 Å². The Morgan fingerprint density at radius 2 is 2.29 bits per heavy atom. The molecule has 0 unspecified atom stereocenters. The maximum Gasteiger partial charge on any atom is 0.140 e. The maximum atomic E-state index is 9.22. The lowest BCUT2D eigenvalue weighted by atomic mass is 10.2. The molecular formula is C12H12ClNO2S. The highest BCUT2D eigenvalue weighted by molar-refractivity contribution is 7.09. The van der Waals surface area contributed by atoms with E-state index < -0.39 is 0 Å². The van der Waals surface area contributed by atoms with Crippen LogP contribution in [0, 0.1) is 6.92 Å². The molecule has 0 aliphatic carbocycles. The molecule has 5 heteroatoms. The Hall–Kier alpha value is -1.10. The lowest BCUT2D eigenvalue weighted by Gasteiger charge is -2.09. The molecule has 0 bridgehead atoms. The first kappa shape index (κ1) is 12.4. The minimum atomic E-state index is -0.133. The minimum absolute atomic E-state index is 0.133. The number of thiazole rings is 1. The lowest BCUT2D eigenvalue weighted by molar-refractivity contribution is 0.259. The van der Waals surface area contributed by atoms with Crippen LogP contribution in [-0.2, 0) is 13.2 Å². The van der Waals surface area contributed by atoms with Crippen LogP contribution in [0.4, 0.5) is 0 Å². The van der Waals surface area contributed by atoms with Crippen molar-refractivity contribution in [2.45, 2.75) is 20.1 Å². The van der Waals surface area contributed by atoms with Gasteiger partial charge in [0.25, 0.3) is 0 Å². The van der Waals surface area contributed by atoms with Gasteiger partial charge in [0.1, 0.15) is 17.4 Å². The summed E-state index contributed by atoms with van der Waals surface area (Å²) in [6, 6.07) is 5.31. The summed E-state index contributed by atoms with van der Waals surface area (Å²) in [7, 11) is 0. The number of hydrogen-bond acceptors (Lipinski definition) is 4. The van der Waals surface area contributed by atoms with E-state index >= 15 is 0 Å². The summed E-state index contributed by atoms with van der Waals surface area (Å²) >= 11 is 7.52. The smallest absolute Gasteiger partial charge is 0.140 e. The van der Waals surface area contributed by atoms with Crippen molar-refractivity contribution < 1.29 is 9.84 Å². The molecule has 90 valence electrons. The average molecular weight is 270 g/mol. The lowest BCUT2D eigenvalue weighted by Crippen LogP contribution is -1.99.